The average molecular weight is 414 g/mol. The fourth-order valence-electron chi connectivity index (χ4n) is 3.48. The van der Waals surface area contributed by atoms with Crippen LogP contribution in [0.2, 0.25) is 0 Å². The first-order valence-electron chi connectivity index (χ1n) is 10.2. The Morgan fingerprint density at radius 2 is 1.55 bits per heavy atom. The molecule has 0 saturated heterocycles. The minimum Gasteiger partial charge on any atom is -0.340 e. The Kier molecular flexibility index (Phi) is 6.33. The molecule has 31 heavy (non-hydrogen) atoms. The van der Waals surface area contributed by atoms with Gasteiger partial charge in [-0.3, -0.25) is 14.6 Å². The number of aryl methyl sites for hydroxylation is 1. The fraction of sp³-hybridized carbons (Fsp3) is 0.115. The predicted molar refractivity (Wildman–Crippen MR) is 127 cm³/mol. The largest absolute Gasteiger partial charge is 0.340 e. The number of aromatic nitrogens is 1. The molecule has 0 saturated carbocycles. The summed E-state index contributed by atoms with van der Waals surface area (Å²) < 4.78 is 0. The number of nitrogens with one attached hydrogen (secondary N) is 2. The highest BCUT2D eigenvalue weighted by atomic mass is 16.2. The van der Waals surface area contributed by atoms with Gasteiger partial charge in [-0.15, -0.1) is 0 Å². The number of rotatable bonds is 7. The highest BCUT2D eigenvalue weighted by molar-refractivity contribution is 6.04. The van der Waals surface area contributed by atoms with Crippen LogP contribution in [0.3, 0.4) is 0 Å². The Balaban J connectivity index is 0.00000193. The molecule has 1 unspecified atom stereocenters. The third-order valence-corrected chi connectivity index (χ3v) is 5.11. The molecule has 5 heteroatoms. The van der Waals surface area contributed by atoms with E-state index in [0.717, 1.165) is 16.5 Å². The molecule has 0 spiro atoms. The first kappa shape index (κ1) is 20.3. The molecule has 2 amide bonds. The summed E-state index contributed by atoms with van der Waals surface area (Å²) in [5.41, 5.74) is 2.98. The molecule has 4 rings (SSSR count). The van der Waals surface area contributed by atoms with Crippen LogP contribution in [-0.4, -0.2) is 22.8 Å². The summed E-state index contributed by atoms with van der Waals surface area (Å²) >= 11 is 0. The number of anilines is 1. The molecule has 1 aromatic heterocycles. The van der Waals surface area contributed by atoms with Gasteiger partial charge in [0.2, 0.25) is 5.91 Å². The second kappa shape index (κ2) is 9.67. The van der Waals surface area contributed by atoms with Gasteiger partial charge in [0.25, 0.3) is 5.91 Å². The lowest BCUT2D eigenvalue weighted by molar-refractivity contribution is -0.118. The van der Waals surface area contributed by atoms with E-state index in [0.29, 0.717) is 24.1 Å². The van der Waals surface area contributed by atoms with E-state index >= 15 is 0 Å². The monoisotopic (exact) mass is 413 g/mol. The van der Waals surface area contributed by atoms with E-state index in [-0.39, 0.29) is 14.7 Å². The van der Waals surface area contributed by atoms with Crippen LogP contribution >= 0.6 is 0 Å². The third-order valence-electron chi connectivity index (χ3n) is 5.11. The number of hydrogen-bond donors (Lipinski definition) is 2. The van der Waals surface area contributed by atoms with Gasteiger partial charge in [-0.25, -0.2) is 0 Å². The van der Waals surface area contributed by atoms with Crippen molar-refractivity contribution in [3.8, 4) is 0 Å². The van der Waals surface area contributed by atoms with Crippen LogP contribution in [0.4, 0.5) is 5.69 Å². The highest BCUT2D eigenvalue weighted by Crippen LogP contribution is 2.21. The summed E-state index contributed by atoms with van der Waals surface area (Å²) in [5, 5.41) is 6.80. The van der Waals surface area contributed by atoms with E-state index < -0.39 is 6.04 Å². The number of carbonyl (C=O) groups is 2. The average Bonchev–Trinajstić information content (AvgIpc) is 2.83. The third kappa shape index (κ3) is 5.14. The Hall–Kier alpha value is -3.99. The number of benzene rings is 3. The van der Waals surface area contributed by atoms with Gasteiger partial charge >= 0.3 is 0 Å². The lowest BCUT2D eigenvalue weighted by Gasteiger charge is -2.19. The quantitative estimate of drug-likeness (QED) is 0.443. The van der Waals surface area contributed by atoms with Crippen LogP contribution in [-0.2, 0) is 11.2 Å². The van der Waals surface area contributed by atoms with E-state index in [9.17, 15) is 9.59 Å². The minimum atomic E-state index is -0.688. The molecular formula is C26H27N3O2. The summed E-state index contributed by atoms with van der Waals surface area (Å²) in [5.74, 6) is -0.539. The maximum atomic E-state index is 13.2. The first-order valence-corrected chi connectivity index (χ1v) is 10.2. The van der Waals surface area contributed by atoms with Crippen molar-refractivity contribution in [1.29, 1.82) is 0 Å². The zero-order valence-corrected chi connectivity index (χ0v) is 17.0. The Morgan fingerprint density at radius 3 is 2.32 bits per heavy atom. The topological polar surface area (TPSA) is 71.1 Å². The zero-order valence-electron chi connectivity index (χ0n) is 17.0. The Labute approximate surface area is 184 Å². The molecule has 158 valence electrons. The molecule has 0 aliphatic heterocycles. The fourth-order valence-corrected chi connectivity index (χ4v) is 3.48. The maximum absolute atomic E-state index is 13.2. The SMILES string of the molecule is O=C(NC(CCc1ccccc1)C(=O)Nc1cccc2cccnc12)c1ccccc1.[HH].[HH]. The molecule has 5 nitrogen and oxygen atoms in total. The van der Waals surface area contributed by atoms with E-state index in [1.165, 1.54) is 0 Å². The lowest BCUT2D eigenvalue weighted by Crippen LogP contribution is -2.44. The maximum Gasteiger partial charge on any atom is 0.251 e. The van der Waals surface area contributed by atoms with E-state index in [1.807, 2.05) is 66.7 Å². The van der Waals surface area contributed by atoms with Crippen molar-refractivity contribution < 1.29 is 12.4 Å². The van der Waals surface area contributed by atoms with Crippen LogP contribution in [0, 0.1) is 0 Å². The second-order valence-corrected chi connectivity index (χ2v) is 7.29. The molecule has 4 aromatic rings. The molecule has 0 fully saturated rings. The van der Waals surface area contributed by atoms with Crippen molar-refractivity contribution in [2.24, 2.45) is 0 Å². The number of pyridine rings is 1. The van der Waals surface area contributed by atoms with Crippen molar-refractivity contribution in [3.63, 3.8) is 0 Å². The summed E-state index contributed by atoms with van der Waals surface area (Å²) in [4.78, 5) is 30.3. The van der Waals surface area contributed by atoms with Gasteiger partial charge in [0, 0.05) is 20.0 Å². The number of nitrogens with zero attached hydrogens (tertiary/aromatic N) is 1. The van der Waals surface area contributed by atoms with Gasteiger partial charge in [-0.05, 0) is 42.7 Å². The summed E-state index contributed by atoms with van der Waals surface area (Å²) in [7, 11) is 0. The summed E-state index contributed by atoms with van der Waals surface area (Å²) in [6.07, 6.45) is 2.84. The highest BCUT2D eigenvalue weighted by Gasteiger charge is 2.22. The zero-order chi connectivity index (χ0) is 21.5. The van der Waals surface area contributed by atoms with Gasteiger partial charge in [-0.2, -0.15) is 0 Å². The molecule has 3 aromatic carbocycles. The molecule has 0 bridgehead atoms. The number of fused-ring (bicyclic) bond motifs is 1. The first-order chi connectivity index (χ1) is 15.2. The van der Waals surface area contributed by atoms with Gasteiger partial charge < -0.3 is 10.6 Å². The van der Waals surface area contributed by atoms with Crippen molar-refractivity contribution in [2.45, 2.75) is 18.9 Å². The molecule has 0 radical (unpaired) electrons. The second-order valence-electron chi connectivity index (χ2n) is 7.29. The van der Waals surface area contributed by atoms with Crippen molar-refractivity contribution in [1.82, 2.24) is 10.3 Å². The molecular weight excluding hydrogens is 386 g/mol. The van der Waals surface area contributed by atoms with Crippen molar-refractivity contribution in [2.75, 3.05) is 5.32 Å². The normalized spacial score (nSPS) is 11.6. The number of amides is 2. The van der Waals surface area contributed by atoms with Gasteiger partial charge in [-0.1, -0.05) is 66.7 Å². The molecule has 0 aliphatic carbocycles. The van der Waals surface area contributed by atoms with E-state index in [2.05, 4.69) is 15.6 Å². The van der Waals surface area contributed by atoms with Crippen LogP contribution in [0.5, 0.6) is 0 Å². The van der Waals surface area contributed by atoms with Crippen molar-refractivity contribution >= 4 is 28.4 Å². The van der Waals surface area contributed by atoms with Gasteiger partial charge in [0.05, 0.1) is 11.2 Å². The standard InChI is InChI=1S/C26H23N3O2.2H2/c30-25(21-11-5-2-6-12-21)29-23(17-16-19-9-3-1-4-10-19)26(31)28-22-15-7-13-20-14-8-18-27-24(20)22;;/h1-15,18,23H,16-17H2,(H,28,31)(H,29,30);2*1H. The van der Waals surface area contributed by atoms with Gasteiger partial charge in [0.15, 0.2) is 0 Å². The van der Waals surface area contributed by atoms with Gasteiger partial charge in [0.1, 0.15) is 6.04 Å². The van der Waals surface area contributed by atoms with Crippen LogP contribution < -0.4 is 10.6 Å². The molecule has 0 aliphatic rings. The number of hydrogen-bond acceptors (Lipinski definition) is 3. The minimum absolute atomic E-state index is 0. The van der Waals surface area contributed by atoms with Crippen LogP contribution in [0.25, 0.3) is 10.9 Å². The predicted octanol–water partition coefficient (Wildman–Crippen LogP) is 5.10. The Morgan fingerprint density at radius 1 is 0.839 bits per heavy atom. The lowest BCUT2D eigenvalue weighted by atomic mass is 10.0. The van der Waals surface area contributed by atoms with Crippen LogP contribution in [0.15, 0.2) is 97.2 Å². The van der Waals surface area contributed by atoms with Crippen molar-refractivity contribution in [3.05, 3.63) is 108 Å². The van der Waals surface area contributed by atoms with E-state index in [1.54, 1.807) is 30.5 Å². The summed E-state index contributed by atoms with van der Waals surface area (Å²) in [6.45, 7) is 0. The van der Waals surface area contributed by atoms with E-state index in [4.69, 9.17) is 0 Å². The number of carbonyl (C=O) groups excluding carboxylic acids is 2. The molecule has 1 heterocycles. The number of para-hydroxylation sites is 1. The smallest absolute Gasteiger partial charge is 0.251 e. The molecule has 1 atom stereocenters. The van der Waals surface area contributed by atoms with Crippen LogP contribution in [0.1, 0.15) is 25.2 Å². The molecule has 2 N–H and O–H groups in total. The summed E-state index contributed by atoms with van der Waals surface area (Å²) in [6, 6.07) is 27.6. The Bertz CT molecular complexity index is 1180.